The molecule has 3 heteroatoms. The maximum absolute atomic E-state index is 6.06. The largest absolute Gasteiger partial charge is 0.311 e. The molecule has 0 aliphatic heterocycles. The van der Waals surface area contributed by atoms with Crippen LogP contribution in [0.15, 0.2) is 24.3 Å². The fourth-order valence-corrected chi connectivity index (χ4v) is 2.18. The molecule has 0 saturated heterocycles. The van der Waals surface area contributed by atoms with Crippen molar-refractivity contribution in [3.8, 4) is 0 Å². The van der Waals surface area contributed by atoms with Crippen molar-refractivity contribution in [3.05, 3.63) is 34.9 Å². The molecule has 0 spiro atoms. The summed E-state index contributed by atoms with van der Waals surface area (Å²) in [6.07, 6.45) is 0. The second-order valence-corrected chi connectivity index (χ2v) is 6.81. The van der Waals surface area contributed by atoms with Gasteiger partial charge < -0.3 is 5.32 Å². The lowest BCUT2D eigenvalue weighted by Gasteiger charge is -2.33. The Bertz CT molecular complexity index is 398. The number of likely N-dealkylation sites (N-methyl/N-ethyl adjacent to an activating group) is 1. The van der Waals surface area contributed by atoms with E-state index in [-0.39, 0.29) is 5.54 Å². The van der Waals surface area contributed by atoms with Gasteiger partial charge in [0.25, 0.3) is 0 Å². The Balaban J connectivity index is 2.63. The average Bonchev–Trinajstić information content (AvgIpc) is 2.33. The lowest BCUT2D eigenvalue weighted by Crippen LogP contribution is -2.45. The van der Waals surface area contributed by atoms with Crippen molar-refractivity contribution in [1.29, 1.82) is 0 Å². The molecule has 1 rings (SSSR count). The summed E-state index contributed by atoms with van der Waals surface area (Å²) in [4.78, 5) is 2.38. The number of halogens is 1. The van der Waals surface area contributed by atoms with Gasteiger partial charge in [-0.15, -0.1) is 0 Å². The second-order valence-electron chi connectivity index (χ2n) is 6.38. The van der Waals surface area contributed by atoms with Crippen LogP contribution in [0.1, 0.15) is 46.2 Å². The van der Waals surface area contributed by atoms with E-state index in [1.165, 1.54) is 5.56 Å². The molecule has 2 nitrogen and oxygen atoms in total. The van der Waals surface area contributed by atoms with Crippen molar-refractivity contribution in [2.24, 2.45) is 0 Å². The highest BCUT2D eigenvalue weighted by atomic mass is 35.5. The van der Waals surface area contributed by atoms with Crippen LogP contribution in [0.25, 0.3) is 0 Å². The zero-order chi connectivity index (χ0) is 14.6. The number of rotatable bonds is 5. The Hall–Kier alpha value is -0.570. The monoisotopic (exact) mass is 282 g/mol. The van der Waals surface area contributed by atoms with Gasteiger partial charge in [-0.05, 0) is 59.4 Å². The molecule has 0 aliphatic rings. The molecule has 0 aromatic heterocycles. The van der Waals surface area contributed by atoms with E-state index in [1.54, 1.807) is 0 Å². The predicted octanol–water partition coefficient (Wildman–Crippen LogP) is 4.11. The van der Waals surface area contributed by atoms with E-state index >= 15 is 0 Å². The quantitative estimate of drug-likeness (QED) is 0.874. The zero-order valence-electron chi connectivity index (χ0n) is 13.0. The summed E-state index contributed by atoms with van der Waals surface area (Å²) in [7, 11) is 2.17. The normalized spacial score (nSPS) is 15.6. The highest BCUT2D eigenvalue weighted by Gasteiger charge is 2.19. The summed E-state index contributed by atoms with van der Waals surface area (Å²) >= 11 is 6.06. The van der Waals surface area contributed by atoms with Gasteiger partial charge in [-0.1, -0.05) is 23.7 Å². The minimum Gasteiger partial charge on any atom is -0.311 e. The van der Waals surface area contributed by atoms with E-state index in [0.29, 0.717) is 12.1 Å². The van der Waals surface area contributed by atoms with Crippen LogP contribution < -0.4 is 5.32 Å². The van der Waals surface area contributed by atoms with Gasteiger partial charge in [-0.3, -0.25) is 4.90 Å². The summed E-state index contributed by atoms with van der Waals surface area (Å²) in [5, 5.41) is 4.36. The van der Waals surface area contributed by atoms with E-state index in [9.17, 15) is 0 Å². The zero-order valence-corrected chi connectivity index (χ0v) is 13.8. The van der Waals surface area contributed by atoms with E-state index in [4.69, 9.17) is 11.6 Å². The Labute approximate surface area is 123 Å². The molecule has 0 radical (unpaired) electrons. The summed E-state index contributed by atoms with van der Waals surface area (Å²) in [5.41, 5.74) is 1.42. The maximum Gasteiger partial charge on any atom is 0.0409 e. The van der Waals surface area contributed by atoms with Crippen molar-refractivity contribution in [2.75, 3.05) is 13.6 Å². The van der Waals surface area contributed by atoms with E-state index in [1.807, 2.05) is 18.2 Å². The Morgan fingerprint density at radius 3 is 2.42 bits per heavy atom. The van der Waals surface area contributed by atoms with Crippen LogP contribution in [0.3, 0.4) is 0 Å². The molecule has 2 unspecified atom stereocenters. The lowest BCUT2D eigenvalue weighted by atomic mass is 10.0. The molecule has 0 amide bonds. The van der Waals surface area contributed by atoms with Gasteiger partial charge in [0, 0.05) is 29.2 Å². The number of benzene rings is 1. The summed E-state index contributed by atoms with van der Waals surface area (Å²) in [6.45, 7) is 12.0. The highest BCUT2D eigenvalue weighted by molar-refractivity contribution is 6.30. The van der Waals surface area contributed by atoms with Gasteiger partial charge in [-0.2, -0.15) is 0 Å². The molecule has 0 saturated carbocycles. The van der Waals surface area contributed by atoms with Crippen molar-refractivity contribution < 1.29 is 0 Å². The number of nitrogens with one attached hydrogen (secondary N) is 1. The van der Waals surface area contributed by atoms with Crippen LogP contribution in [-0.2, 0) is 0 Å². The number of hydrogen-bond donors (Lipinski definition) is 1. The first-order chi connectivity index (χ1) is 8.70. The Morgan fingerprint density at radius 2 is 1.89 bits per heavy atom. The summed E-state index contributed by atoms with van der Waals surface area (Å²) < 4.78 is 0. The Morgan fingerprint density at radius 1 is 1.26 bits per heavy atom. The molecular formula is C16H27ClN2. The standard InChI is InChI=1S/C16H27ClN2/c1-12(11-18-16(3,4)5)19(6)13(2)14-8-7-9-15(17)10-14/h7-10,12-13,18H,11H2,1-6H3. The SMILES string of the molecule is CC(CNC(C)(C)C)N(C)C(C)c1cccc(Cl)c1. The van der Waals surface area contributed by atoms with Gasteiger partial charge in [0.05, 0.1) is 0 Å². The first kappa shape index (κ1) is 16.5. The maximum atomic E-state index is 6.06. The molecule has 0 aliphatic carbocycles. The topological polar surface area (TPSA) is 15.3 Å². The minimum atomic E-state index is 0.161. The highest BCUT2D eigenvalue weighted by Crippen LogP contribution is 2.23. The smallest absolute Gasteiger partial charge is 0.0409 e. The molecule has 0 bridgehead atoms. The van der Waals surface area contributed by atoms with Crippen molar-refractivity contribution in [2.45, 2.75) is 52.2 Å². The van der Waals surface area contributed by atoms with Crippen LogP contribution in [-0.4, -0.2) is 30.1 Å². The lowest BCUT2D eigenvalue weighted by molar-refractivity contribution is 0.184. The average molecular weight is 283 g/mol. The fraction of sp³-hybridized carbons (Fsp3) is 0.625. The number of nitrogens with zero attached hydrogens (tertiary/aromatic N) is 1. The number of hydrogen-bond acceptors (Lipinski definition) is 2. The van der Waals surface area contributed by atoms with Crippen LogP contribution >= 0.6 is 11.6 Å². The minimum absolute atomic E-state index is 0.161. The molecule has 1 N–H and O–H groups in total. The molecule has 2 atom stereocenters. The van der Waals surface area contributed by atoms with Crippen LogP contribution in [0.2, 0.25) is 5.02 Å². The van der Waals surface area contributed by atoms with Gasteiger partial charge in [0.1, 0.15) is 0 Å². The van der Waals surface area contributed by atoms with Gasteiger partial charge in [0.2, 0.25) is 0 Å². The third-order valence-electron chi connectivity index (χ3n) is 3.57. The van der Waals surface area contributed by atoms with Crippen molar-refractivity contribution in [3.63, 3.8) is 0 Å². The molecule has 19 heavy (non-hydrogen) atoms. The van der Waals surface area contributed by atoms with Crippen LogP contribution in [0.5, 0.6) is 0 Å². The third-order valence-corrected chi connectivity index (χ3v) is 3.80. The molecule has 108 valence electrons. The molecule has 1 aromatic carbocycles. The molecular weight excluding hydrogens is 256 g/mol. The first-order valence-corrected chi connectivity index (χ1v) is 7.31. The first-order valence-electron chi connectivity index (χ1n) is 6.93. The van der Waals surface area contributed by atoms with E-state index in [2.05, 4.69) is 57.9 Å². The third kappa shape index (κ3) is 5.52. The fourth-order valence-electron chi connectivity index (χ4n) is 1.98. The molecule has 0 heterocycles. The van der Waals surface area contributed by atoms with Crippen molar-refractivity contribution in [1.82, 2.24) is 10.2 Å². The van der Waals surface area contributed by atoms with Crippen LogP contribution in [0.4, 0.5) is 0 Å². The Kier molecular flexibility index (Phi) is 5.84. The van der Waals surface area contributed by atoms with Crippen molar-refractivity contribution >= 4 is 11.6 Å². The van der Waals surface area contributed by atoms with E-state index in [0.717, 1.165) is 11.6 Å². The van der Waals surface area contributed by atoms with Crippen LogP contribution in [0, 0.1) is 0 Å². The van der Waals surface area contributed by atoms with E-state index < -0.39 is 0 Å². The summed E-state index contributed by atoms with van der Waals surface area (Å²) in [6, 6.07) is 8.94. The molecule has 1 aromatic rings. The van der Waals surface area contributed by atoms with Gasteiger partial charge in [-0.25, -0.2) is 0 Å². The molecule has 0 fully saturated rings. The second kappa shape index (κ2) is 6.74. The van der Waals surface area contributed by atoms with Gasteiger partial charge in [0.15, 0.2) is 0 Å². The predicted molar refractivity (Wildman–Crippen MR) is 84.8 cm³/mol. The summed E-state index contributed by atoms with van der Waals surface area (Å²) in [5.74, 6) is 0. The van der Waals surface area contributed by atoms with Gasteiger partial charge >= 0.3 is 0 Å².